The number of nitrogens with zero attached hydrogens (tertiary/aromatic N) is 2. The molecule has 6 heteroatoms. The van der Waals surface area contributed by atoms with Gasteiger partial charge in [-0.1, -0.05) is 25.1 Å². The van der Waals surface area contributed by atoms with Gasteiger partial charge in [0.05, 0.1) is 14.2 Å². The number of hydrogen-bond donors (Lipinski definition) is 0. The van der Waals surface area contributed by atoms with Gasteiger partial charge in [0.1, 0.15) is 12.2 Å². The molecule has 2 heterocycles. The van der Waals surface area contributed by atoms with E-state index in [1.807, 2.05) is 30.1 Å². The van der Waals surface area contributed by atoms with E-state index in [-0.39, 0.29) is 11.6 Å². The van der Waals surface area contributed by atoms with Gasteiger partial charge < -0.3 is 14.4 Å². The largest absolute Gasteiger partial charge is 0.467 e. The van der Waals surface area contributed by atoms with Crippen LogP contribution < -0.4 is 4.90 Å². The van der Waals surface area contributed by atoms with E-state index in [1.54, 1.807) is 0 Å². The van der Waals surface area contributed by atoms with E-state index in [9.17, 15) is 9.59 Å². The first kappa shape index (κ1) is 14.7. The van der Waals surface area contributed by atoms with Gasteiger partial charge in [0.15, 0.2) is 0 Å². The van der Waals surface area contributed by atoms with Crippen molar-refractivity contribution in [2.24, 2.45) is 0 Å². The van der Waals surface area contributed by atoms with Crippen LogP contribution in [0.25, 0.3) is 0 Å². The number of para-hydroxylation sites is 1. The molecule has 22 heavy (non-hydrogen) atoms. The molecule has 1 amide bonds. The lowest BCUT2D eigenvalue weighted by Crippen LogP contribution is -2.53. The van der Waals surface area contributed by atoms with Gasteiger partial charge in [0.25, 0.3) is 0 Å². The second kappa shape index (κ2) is 4.90. The Balaban J connectivity index is 2.11. The summed E-state index contributed by atoms with van der Waals surface area (Å²) in [7, 11) is 4.60. The molecule has 6 nitrogen and oxygen atoms in total. The van der Waals surface area contributed by atoms with E-state index in [4.69, 9.17) is 9.47 Å². The molecule has 1 saturated heterocycles. The first-order chi connectivity index (χ1) is 10.5. The van der Waals surface area contributed by atoms with E-state index in [2.05, 4.69) is 13.0 Å². The van der Waals surface area contributed by atoms with Crippen LogP contribution in [0.2, 0.25) is 0 Å². The lowest BCUT2D eigenvalue weighted by Gasteiger charge is -2.34. The summed E-state index contributed by atoms with van der Waals surface area (Å²) in [4.78, 5) is 28.0. The van der Waals surface area contributed by atoms with Gasteiger partial charge in [-0.2, -0.15) is 0 Å². The zero-order valence-electron chi connectivity index (χ0n) is 13.2. The fourth-order valence-electron chi connectivity index (χ4n) is 4.01. The average Bonchev–Trinajstić information content (AvgIpc) is 2.96. The Morgan fingerprint density at radius 3 is 2.55 bits per heavy atom. The highest BCUT2D eigenvalue weighted by Gasteiger charge is 2.61. The van der Waals surface area contributed by atoms with Crippen LogP contribution in [0, 0.1) is 0 Å². The SMILES string of the molecule is COC(=O)[C@@H]1C[C@@]2(C)c3ccccc3N(C)[C@H]2N1C(=O)OC. The molecular weight excluding hydrogens is 284 g/mol. The van der Waals surface area contributed by atoms with Crippen LogP contribution in [0.4, 0.5) is 10.5 Å². The predicted molar refractivity (Wildman–Crippen MR) is 80.7 cm³/mol. The van der Waals surface area contributed by atoms with Crippen LogP contribution in [0.1, 0.15) is 18.9 Å². The Labute approximate surface area is 129 Å². The van der Waals surface area contributed by atoms with E-state index >= 15 is 0 Å². The van der Waals surface area contributed by atoms with Crippen molar-refractivity contribution >= 4 is 17.7 Å². The number of esters is 1. The first-order valence-corrected chi connectivity index (χ1v) is 7.22. The number of fused-ring (bicyclic) bond motifs is 3. The Bertz CT molecular complexity index is 632. The van der Waals surface area contributed by atoms with Crippen LogP contribution in [0.3, 0.4) is 0 Å². The molecule has 1 aromatic carbocycles. The van der Waals surface area contributed by atoms with Gasteiger partial charge >= 0.3 is 12.1 Å². The van der Waals surface area contributed by atoms with Gasteiger partial charge in [-0.3, -0.25) is 4.90 Å². The number of rotatable bonds is 1. The molecule has 0 unspecified atom stereocenters. The molecule has 0 radical (unpaired) electrons. The number of hydrogen-bond acceptors (Lipinski definition) is 5. The number of amides is 1. The van der Waals surface area contributed by atoms with Crippen molar-refractivity contribution in [2.45, 2.75) is 31.0 Å². The maximum absolute atomic E-state index is 12.3. The lowest BCUT2D eigenvalue weighted by molar-refractivity contribution is -0.145. The molecule has 1 fully saturated rings. The number of carbonyl (C=O) groups is 2. The Kier molecular flexibility index (Phi) is 3.27. The van der Waals surface area contributed by atoms with Crippen molar-refractivity contribution in [3.8, 4) is 0 Å². The number of ether oxygens (including phenoxy) is 2. The molecule has 0 saturated carbocycles. The molecule has 3 rings (SSSR count). The van der Waals surface area contributed by atoms with E-state index in [0.29, 0.717) is 6.42 Å². The second-order valence-corrected chi connectivity index (χ2v) is 6.04. The summed E-state index contributed by atoms with van der Waals surface area (Å²) < 4.78 is 9.80. The van der Waals surface area contributed by atoms with E-state index in [1.165, 1.54) is 19.1 Å². The molecule has 0 spiro atoms. The van der Waals surface area contributed by atoms with Crippen LogP contribution in [0.15, 0.2) is 24.3 Å². The van der Waals surface area contributed by atoms with E-state index < -0.39 is 18.1 Å². The van der Waals surface area contributed by atoms with Crippen molar-refractivity contribution in [1.29, 1.82) is 0 Å². The highest BCUT2D eigenvalue weighted by molar-refractivity contribution is 5.85. The van der Waals surface area contributed by atoms with Gasteiger partial charge in [0, 0.05) is 18.2 Å². The number of likely N-dealkylation sites (N-methyl/N-ethyl adjacent to an activating group) is 1. The maximum atomic E-state index is 12.3. The molecule has 0 bridgehead atoms. The van der Waals surface area contributed by atoms with Crippen LogP contribution >= 0.6 is 0 Å². The fourth-order valence-corrected chi connectivity index (χ4v) is 4.01. The molecular formula is C16H20N2O4. The summed E-state index contributed by atoms with van der Waals surface area (Å²) in [6.07, 6.45) is -0.258. The standard InChI is InChI=1S/C16H20N2O4/c1-16-9-12(13(19)21-3)18(15(20)22-4)14(16)17(2)11-8-6-5-7-10(11)16/h5-8,12,14H,9H2,1-4H3/t12-,14-,16-/m0/s1. The fraction of sp³-hybridized carbons (Fsp3) is 0.500. The number of carbonyl (C=O) groups excluding carboxylic acids is 2. The van der Waals surface area contributed by atoms with Crippen molar-refractivity contribution in [3.05, 3.63) is 29.8 Å². The van der Waals surface area contributed by atoms with Crippen LogP contribution in [0.5, 0.6) is 0 Å². The summed E-state index contributed by atoms with van der Waals surface area (Å²) in [6.45, 7) is 2.08. The Morgan fingerprint density at radius 1 is 1.23 bits per heavy atom. The first-order valence-electron chi connectivity index (χ1n) is 7.22. The summed E-state index contributed by atoms with van der Waals surface area (Å²) in [5.41, 5.74) is 1.88. The number of likely N-dealkylation sites (tertiary alicyclic amines) is 1. The van der Waals surface area contributed by atoms with Crippen molar-refractivity contribution in [1.82, 2.24) is 4.90 Å². The zero-order valence-corrected chi connectivity index (χ0v) is 13.2. The molecule has 2 aliphatic rings. The Morgan fingerprint density at radius 2 is 1.91 bits per heavy atom. The monoisotopic (exact) mass is 304 g/mol. The third-order valence-corrected chi connectivity index (χ3v) is 4.91. The van der Waals surface area contributed by atoms with Gasteiger partial charge in [0.2, 0.25) is 0 Å². The minimum Gasteiger partial charge on any atom is -0.467 e. The zero-order chi connectivity index (χ0) is 16.1. The predicted octanol–water partition coefficient (Wildman–Crippen LogP) is 1.73. The highest BCUT2D eigenvalue weighted by Crippen LogP contribution is 2.53. The van der Waals surface area contributed by atoms with Gasteiger partial charge in [-0.25, -0.2) is 9.59 Å². The third-order valence-electron chi connectivity index (χ3n) is 4.91. The third kappa shape index (κ3) is 1.73. The minimum atomic E-state index is -0.636. The number of anilines is 1. The van der Waals surface area contributed by atoms with Crippen molar-refractivity contribution in [3.63, 3.8) is 0 Å². The van der Waals surface area contributed by atoms with Crippen LogP contribution in [-0.4, -0.2) is 50.4 Å². The summed E-state index contributed by atoms with van der Waals surface area (Å²) in [5, 5.41) is 0. The lowest BCUT2D eigenvalue weighted by atomic mass is 9.80. The molecule has 0 N–H and O–H groups in total. The molecule has 2 aliphatic heterocycles. The van der Waals surface area contributed by atoms with Crippen molar-refractivity contribution < 1.29 is 19.1 Å². The Hall–Kier alpha value is -2.24. The number of benzene rings is 1. The van der Waals surface area contributed by atoms with Crippen LogP contribution in [-0.2, 0) is 19.7 Å². The molecule has 3 atom stereocenters. The quantitative estimate of drug-likeness (QED) is 0.740. The van der Waals surface area contributed by atoms with Crippen molar-refractivity contribution in [2.75, 3.05) is 26.2 Å². The minimum absolute atomic E-state index is 0.263. The molecule has 0 aliphatic carbocycles. The number of methoxy groups -OCH3 is 2. The van der Waals surface area contributed by atoms with E-state index in [0.717, 1.165) is 11.3 Å². The highest BCUT2D eigenvalue weighted by atomic mass is 16.5. The topological polar surface area (TPSA) is 59.1 Å². The maximum Gasteiger partial charge on any atom is 0.411 e. The normalized spacial score (nSPS) is 29.1. The van der Waals surface area contributed by atoms with Gasteiger partial charge in [-0.05, 0) is 18.1 Å². The molecule has 1 aromatic rings. The van der Waals surface area contributed by atoms with Gasteiger partial charge in [-0.15, -0.1) is 0 Å². The second-order valence-electron chi connectivity index (χ2n) is 6.04. The smallest absolute Gasteiger partial charge is 0.411 e. The summed E-state index contributed by atoms with van der Waals surface area (Å²) in [5.74, 6) is -0.410. The molecule has 0 aromatic heterocycles. The molecule has 118 valence electrons. The average molecular weight is 304 g/mol. The summed E-state index contributed by atoms with van der Waals surface area (Å²) in [6, 6.07) is 7.40. The summed E-state index contributed by atoms with van der Waals surface area (Å²) >= 11 is 0.